The van der Waals surface area contributed by atoms with Gasteiger partial charge in [0.05, 0.1) is 12.2 Å². The fourth-order valence-corrected chi connectivity index (χ4v) is 3.02. The normalized spacial score (nSPS) is 17.4. The number of hydrogen-bond donors (Lipinski definition) is 1. The molecule has 0 aliphatic carbocycles. The molecule has 1 aliphatic heterocycles. The van der Waals surface area contributed by atoms with E-state index in [-0.39, 0.29) is 6.04 Å². The molecule has 1 aliphatic rings. The van der Waals surface area contributed by atoms with E-state index in [4.69, 9.17) is 4.74 Å². The Morgan fingerprint density at radius 3 is 3.17 bits per heavy atom. The van der Waals surface area contributed by atoms with Crippen LogP contribution in [0.1, 0.15) is 23.8 Å². The molecule has 0 amide bonds. The summed E-state index contributed by atoms with van der Waals surface area (Å²) in [6.45, 7) is 3.21. The molecule has 0 saturated carbocycles. The van der Waals surface area contributed by atoms with E-state index in [1.54, 1.807) is 13.3 Å². The lowest BCUT2D eigenvalue weighted by atomic mass is 10.1. The van der Waals surface area contributed by atoms with Gasteiger partial charge in [-0.25, -0.2) is 19.2 Å². The number of aryl methyl sites for hydroxylation is 2. The second kappa shape index (κ2) is 5.62. The molecule has 120 valence electrons. The van der Waals surface area contributed by atoms with Crippen molar-refractivity contribution in [2.24, 2.45) is 0 Å². The molecular weight excluding hydrogens is 294 g/mol. The summed E-state index contributed by atoms with van der Waals surface area (Å²) in [6, 6.07) is 2.31. The van der Waals surface area contributed by atoms with Crippen LogP contribution in [-0.2, 0) is 24.3 Å². The Bertz CT molecular complexity index is 838. The molecule has 0 spiro atoms. The van der Waals surface area contributed by atoms with Crippen molar-refractivity contribution < 1.29 is 4.74 Å². The van der Waals surface area contributed by atoms with Crippen LogP contribution in [0, 0.1) is 6.92 Å². The van der Waals surface area contributed by atoms with Crippen molar-refractivity contribution >= 4 is 11.3 Å². The van der Waals surface area contributed by atoms with Crippen LogP contribution in [0.15, 0.2) is 18.5 Å². The first-order valence-corrected chi connectivity index (χ1v) is 7.72. The van der Waals surface area contributed by atoms with Crippen LogP contribution in [0.4, 0.5) is 5.82 Å². The minimum atomic E-state index is 0.272. The highest BCUT2D eigenvalue weighted by Gasteiger charge is 2.22. The van der Waals surface area contributed by atoms with E-state index in [0.29, 0.717) is 6.61 Å². The van der Waals surface area contributed by atoms with E-state index < -0.39 is 0 Å². The molecular formula is C15H19N7O. The van der Waals surface area contributed by atoms with Crippen LogP contribution in [0.5, 0.6) is 0 Å². The number of methoxy groups -OCH3 is 1. The molecule has 1 atom stereocenters. The summed E-state index contributed by atoms with van der Waals surface area (Å²) in [5.74, 6) is 2.63. The average molecular weight is 313 g/mol. The highest BCUT2D eigenvalue weighted by atomic mass is 16.5. The number of fused-ring (bicyclic) bond motifs is 2. The van der Waals surface area contributed by atoms with Crippen molar-refractivity contribution in [2.45, 2.75) is 39.0 Å². The Hall–Kier alpha value is -2.48. The lowest BCUT2D eigenvalue weighted by Crippen LogP contribution is -2.32. The molecule has 4 heterocycles. The predicted molar refractivity (Wildman–Crippen MR) is 84.2 cm³/mol. The summed E-state index contributed by atoms with van der Waals surface area (Å²) in [6.07, 6.45) is 5.53. The van der Waals surface area contributed by atoms with Crippen LogP contribution >= 0.6 is 0 Å². The highest BCUT2D eigenvalue weighted by molar-refractivity contribution is 5.68. The quantitative estimate of drug-likeness (QED) is 0.779. The van der Waals surface area contributed by atoms with Gasteiger partial charge in [0.25, 0.3) is 0 Å². The van der Waals surface area contributed by atoms with E-state index in [1.165, 1.54) is 0 Å². The maximum atomic E-state index is 5.10. The van der Waals surface area contributed by atoms with Gasteiger partial charge in [-0.2, -0.15) is 10.2 Å². The third-order valence-electron chi connectivity index (χ3n) is 4.03. The van der Waals surface area contributed by atoms with Crippen molar-refractivity contribution in [3.8, 4) is 0 Å². The molecule has 1 unspecified atom stereocenters. The zero-order chi connectivity index (χ0) is 15.8. The average Bonchev–Trinajstić information content (AvgIpc) is 3.10. The van der Waals surface area contributed by atoms with Gasteiger partial charge in [0.1, 0.15) is 17.9 Å². The van der Waals surface area contributed by atoms with Crippen molar-refractivity contribution in [2.75, 3.05) is 12.4 Å². The van der Waals surface area contributed by atoms with E-state index >= 15 is 0 Å². The molecule has 0 radical (unpaired) electrons. The number of ether oxygens (including phenoxy) is 1. The van der Waals surface area contributed by atoms with Crippen LogP contribution < -0.4 is 5.32 Å². The summed E-state index contributed by atoms with van der Waals surface area (Å²) >= 11 is 0. The second-order valence-corrected chi connectivity index (χ2v) is 5.83. The largest absolute Gasteiger partial charge is 0.377 e. The van der Waals surface area contributed by atoms with Gasteiger partial charge < -0.3 is 10.1 Å². The Balaban J connectivity index is 1.55. The number of hydrogen-bond acceptors (Lipinski definition) is 6. The standard InChI is InChI=1S/C15H19N7O/c1-10-7-12-15(16-5-6-21(12)19-10)17-11-3-4-14-18-13(9-23-2)20-22(14)8-11/h5-7,11H,3-4,8-9H2,1-2H3,(H,16,17). The van der Waals surface area contributed by atoms with Crippen molar-refractivity contribution in [1.29, 1.82) is 0 Å². The molecule has 0 bridgehead atoms. The van der Waals surface area contributed by atoms with Crippen LogP contribution in [0.25, 0.3) is 5.52 Å². The first kappa shape index (κ1) is 14.1. The van der Waals surface area contributed by atoms with Gasteiger partial charge in [-0.1, -0.05) is 0 Å². The first-order valence-electron chi connectivity index (χ1n) is 7.72. The van der Waals surface area contributed by atoms with E-state index in [2.05, 4.69) is 25.5 Å². The third-order valence-corrected chi connectivity index (χ3v) is 4.03. The molecule has 4 rings (SSSR count). The molecule has 8 nitrogen and oxygen atoms in total. The summed E-state index contributed by atoms with van der Waals surface area (Å²) in [5.41, 5.74) is 1.97. The molecule has 8 heteroatoms. The molecule has 3 aromatic heterocycles. The second-order valence-electron chi connectivity index (χ2n) is 5.83. The fraction of sp³-hybridized carbons (Fsp3) is 0.467. The SMILES string of the molecule is COCc1nc2n(n1)CC(Nc1nccn3nc(C)cc13)CC2. The lowest BCUT2D eigenvalue weighted by Gasteiger charge is -2.24. The molecule has 1 N–H and O–H groups in total. The number of nitrogens with one attached hydrogen (secondary N) is 1. The zero-order valence-corrected chi connectivity index (χ0v) is 13.2. The van der Waals surface area contributed by atoms with Crippen LogP contribution in [-0.4, -0.2) is 42.5 Å². The summed E-state index contributed by atoms with van der Waals surface area (Å²) in [7, 11) is 1.66. The Kier molecular flexibility index (Phi) is 3.45. The van der Waals surface area contributed by atoms with Gasteiger partial charge in [-0.3, -0.25) is 0 Å². The van der Waals surface area contributed by atoms with Gasteiger partial charge >= 0.3 is 0 Å². The zero-order valence-electron chi connectivity index (χ0n) is 13.2. The van der Waals surface area contributed by atoms with Gasteiger partial charge in [0.15, 0.2) is 11.6 Å². The fourth-order valence-electron chi connectivity index (χ4n) is 3.02. The predicted octanol–water partition coefficient (Wildman–Crippen LogP) is 1.20. The van der Waals surface area contributed by atoms with Gasteiger partial charge in [0, 0.05) is 32.0 Å². The topological polar surface area (TPSA) is 82.2 Å². The molecule has 3 aromatic rings. The van der Waals surface area contributed by atoms with E-state index in [0.717, 1.165) is 48.1 Å². The van der Waals surface area contributed by atoms with E-state index in [1.807, 2.05) is 28.4 Å². The minimum absolute atomic E-state index is 0.272. The van der Waals surface area contributed by atoms with Crippen molar-refractivity contribution in [3.05, 3.63) is 35.8 Å². The molecule has 0 fully saturated rings. The highest BCUT2D eigenvalue weighted by Crippen LogP contribution is 2.20. The summed E-state index contributed by atoms with van der Waals surface area (Å²) in [5, 5.41) is 12.5. The molecule has 0 saturated heterocycles. The number of aromatic nitrogens is 6. The number of anilines is 1. The van der Waals surface area contributed by atoms with Crippen molar-refractivity contribution in [1.82, 2.24) is 29.4 Å². The molecule has 23 heavy (non-hydrogen) atoms. The smallest absolute Gasteiger partial charge is 0.176 e. The number of rotatable bonds is 4. The summed E-state index contributed by atoms with van der Waals surface area (Å²) in [4.78, 5) is 8.97. The third kappa shape index (κ3) is 2.65. The van der Waals surface area contributed by atoms with E-state index in [9.17, 15) is 0 Å². The van der Waals surface area contributed by atoms with Gasteiger partial charge in [-0.15, -0.1) is 0 Å². The van der Waals surface area contributed by atoms with Crippen LogP contribution in [0.3, 0.4) is 0 Å². The maximum Gasteiger partial charge on any atom is 0.176 e. The summed E-state index contributed by atoms with van der Waals surface area (Å²) < 4.78 is 8.93. The van der Waals surface area contributed by atoms with Gasteiger partial charge in [0.2, 0.25) is 0 Å². The molecule has 0 aromatic carbocycles. The monoisotopic (exact) mass is 313 g/mol. The first-order chi connectivity index (χ1) is 11.2. The minimum Gasteiger partial charge on any atom is -0.377 e. The Labute approximate surface area is 133 Å². The maximum absolute atomic E-state index is 5.10. The van der Waals surface area contributed by atoms with Gasteiger partial charge in [-0.05, 0) is 19.4 Å². The Morgan fingerprint density at radius 2 is 2.30 bits per heavy atom. The van der Waals surface area contributed by atoms with Crippen LogP contribution in [0.2, 0.25) is 0 Å². The Morgan fingerprint density at radius 1 is 1.39 bits per heavy atom. The van der Waals surface area contributed by atoms with Crippen molar-refractivity contribution in [3.63, 3.8) is 0 Å². The lowest BCUT2D eigenvalue weighted by molar-refractivity contribution is 0.177. The number of nitrogens with zero attached hydrogens (tertiary/aromatic N) is 6.